The van der Waals surface area contributed by atoms with Crippen LogP contribution in [-0.2, 0) is 21.0 Å². The predicted molar refractivity (Wildman–Crippen MR) is 109 cm³/mol. The summed E-state index contributed by atoms with van der Waals surface area (Å²) in [5.74, 6) is -0.843. The number of hydrogen-bond donors (Lipinski definition) is 1. The Morgan fingerprint density at radius 3 is 2.55 bits per heavy atom. The van der Waals surface area contributed by atoms with Crippen LogP contribution in [0.3, 0.4) is 0 Å². The normalized spacial score (nSPS) is 17.9. The predicted octanol–water partition coefficient (Wildman–Crippen LogP) is 4.06. The first-order valence-corrected chi connectivity index (χ1v) is 11.1. The molecule has 3 rings (SSSR count). The van der Waals surface area contributed by atoms with Gasteiger partial charge in [0.2, 0.25) is 15.9 Å². The number of benzene rings is 2. The van der Waals surface area contributed by atoms with E-state index in [1.165, 1.54) is 41.7 Å². The van der Waals surface area contributed by atoms with Crippen molar-refractivity contribution in [1.29, 1.82) is 0 Å². The summed E-state index contributed by atoms with van der Waals surface area (Å²) in [6.07, 6.45) is -3.81. The van der Waals surface area contributed by atoms with Crippen molar-refractivity contribution in [2.75, 3.05) is 25.5 Å². The molecule has 1 fully saturated rings. The van der Waals surface area contributed by atoms with Crippen molar-refractivity contribution in [3.63, 3.8) is 0 Å². The summed E-state index contributed by atoms with van der Waals surface area (Å²) in [6, 6.07) is 9.20. The second-order valence-corrected chi connectivity index (χ2v) is 9.30. The minimum atomic E-state index is -4.61. The number of carbonyl (C=O) groups is 1. The van der Waals surface area contributed by atoms with E-state index in [0.29, 0.717) is 24.2 Å². The Bertz CT molecular complexity index is 1070. The van der Waals surface area contributed by atoms with E-state index in [9.17, 15) is 26.4 Å². The Morgan fingerprint density at radius 2 is 1.90 bits per heavy atom. The smallest absolute Gasteiger partial charge is 0.418 e. The summed E-state index contributed by atoms with van der Waals surface area (Å²) < 4.78 is 72.0. The molecular formula is C21H23F3N2O4S. The zero-order valence-corrected chi connectivity index (χ0v) is 17.9. The van der Waals surface area contributed by atoms with E-state index in [-0.39, 0.29) is 23.7 Å². The molecule has 168 valence electrons. The SMILES string of the molecule is COc1ccc(S(=O)(=O)N2CCCC(C(=O)Nc3ccccc3C(F)(F)F)C2)cc1C. The Balaban J connectivity index is 1.78. The summed E-state index contributed by atoms with van der Waals surface area (Å²) in [5.41, 5.74) is -0.637. The number of piperidine rings is 1. The van der Waals surface area contributed by atoms with Gasteiger partial charge in [-0.15, -0.1) is 0 Å². The van der Waals surface area contributed by atoms with Crippen LogP contribution in [0.4, 0.5) is 18.9 Å². The van der Waals surface area contributed by atoms with Gasteiger partial charge in [-0.2, -0.15) is 17.5 Å². The van der Waals surface area contributed by atoms with Gasteiger partial charge in [-0.1, -0.05) is 12.1 Å². The molecule has 0 aliphatic carbocycles. The van der Waals surface area contributed by atoms with Gasteiger partial charge in [-0.3, -0.25) is 4.79 Å². The lowest BCUT2D eigenvalue weighted by Crippen LogP contribution is -2.43. The number of ether oxygens (including phenoxy) is 1. The highest BCUT2D eigenvalue weighted by atomic mass is 32.2. The quantitative estimate of drug-likeness (QED) is 0.736. The number of sulfonamides is 1. The lowest BCUT2D eigenvalue weighted by molar-refractivity contribution is -0.137. The maximum Gasteiger partial charge on any atom is 0.418 e. The van der Waals surface area contributed by atoms with Crippen LogP contribution in [0.5, 0.6) is 5.75 Å². The number of aryl methyl sites for hydroxylation is 1. The number of halogens is 3. The van der Waals surface area contributed by atoms with E-state index in [0.717, 1.165) is 6.07 Å². The number of rotatable bonds is 5. The number of carbonyl (C=O) groups excluding carboxylic acids is 1. The van der Waals surface area contributed by atoms with Crippen molar-refractivity contribution >= 4 is 21.6 Å². The van der Waals surface area contributed by atoms with Crippen LogP contribution in [-0.4, -0.2) is 38.8 Å². The number of anilines is 1. The number of nitrogens with one attached hydrogen (secondary N) is 1. The minimum absolute atomic E-state index is 0.0780. The Hall–Kier alpha value is -2.59. The number of para-hydroxylation sites is 1. The third-order valence-corrected chi connectivity index (χ3v) is 7.11. The van der Waals surface area contributed by atoms with Crippen molar-refractivity contribution in [3.05, 3.63) is 53.6 Å². The molecule has 1 amide bonds. The summed E-state index contributed by atoms with van der Waals surface area (Å²) in [6.45, 7) is 1.85. The molecule has 0 aromatic heterocycles. The fraction of sp³-hybridized carbons (Fsp3) is 0.381. The van der Waals surface area contributed by atoms with Gasteiger partial charge in [0.15, 0.2) is 0 Å². The van der Waals surface area contributed by atoms with E-state index < -0.39 is 33.6 Å². The van der Waals surface area contributed by atoms with Gasteiger partial charge in [0.1, 0.15) is 5.75 Å². The number of hydrogen-bond acceptors (Lipinski definition) is 4. The van der Waals surface area contributed by atoms with Gasteiger partial charge in [0.25, 0.3) is 0 Å². The first-order valence-electron chi connectivity index (χ1n) is 9.66. The fourth-order valence-corrected chi connectivity index (χ4v) is 5.22. The van der Waals surface area contributed by atoms with Crippen LogP contribution in [0.2, 0.25) is 0 Å². The first kappa shape index (κ1) is 23.1. The zero-order valence-electron chi connectivity index (χ0n) is 17.1. The highest BCUT2D eigenvalue weighted by Crippen LogP contribution is 2.35. The van der Waals surface area contributed by atoms with Crippen molar-refractivity contribution in [3.8, 4) is 5.75 Å². The third kappa shape index (κ3) is 5.01. The van der Waals surface area contributed by atoms with E-state index >= 15 is 0 Å². The number of amides is 1. The topological polar surface area (TPSA) is 75.7 Å². The van der Waals surface area contributed by atoms with E-state index in [1.54, 1.807) is 13.0 Å². The monoisotopic (exact) mass is 456 g/mol. The average Bonchev–Trinajstić information content (AvgIpc) is 2.73. The van der Waals surface area contributed by atoms with Crippen LogP contribution in [0.1, 0.15) is 24.0 Å². The number of methoxy groups -OCH3 is 1. The molecule has 0 radical (unpaired) electrons. The Kier molecular flexibility index (Phi) is 6.61. The van der Waals surface area contributed by atoms with Crippen LogP contribution in [0.25, 0.3) is 0 Å². The molecule has 1 aliphatic rings. The molecule has 10 heteroatoms. The average molecular weight is 456 g/mol. The first-order chi connectivity index (χ1) is 14.5. The molecule has 1 saturated heterocycles. The molecule has 2 aromatic rings. The minimum Gasteiger partial charge on any atom is -0.496 e. The maximum absolute atomic E-state index is 13.2. The largest absolute Gasteiger partial charge is 0.496 e. The molecule has 2 aromatic carbocycles. The Labute approximate surface area is 179 Å². The van der Waals surface area contributed by atoms with Gasteiger partial charge in [-0.25, -0.2) is 8.42 Å². The van der Waals surface area contributed by atoms with Crippen LogP contribution >= 0.6 is 0 Å². The fourth-order valence-electron chi connectivity index (χ4n) is 3.61. The van der Waals surface area contributed by atoms with Crippen molar-refractivity contribution in [2.45, 2.75) is 30.8 Å². The maximum atomic E-state index is 13.2. The lowest BCUT2D eigenvalue weighted by Gasteiger charge is -2.31. The van der Waals surface area contributed by atoms with Crippen LogP contribution in [0, 0.1) is 12.8 Å². The highest BCUT2D eigenvalue weighted by Gasteiger charge is 2.36. The molecular weight excluding hydrogens is 433 g/mol. The molecule has 1 unspecified atom stereocenters. The van der Waals surface area contributed by atoms with E-state index in [1.807, 2.05) is 0 Å². The molecule has 0 spiro atoms. The van der Waals surface area contributed by atoms with Gasteiger partial charge in [0, 0.05) is 13.1 Å². The second kappa shape index (κ2) is 8.88. The van der Waals surface area contributed by atoms with E-state index in [4.69, 9.17) is 4.74 Å². The Morgan fingerprint density at radius 1 is 1.19 bits per heavy atom. The second-order valence-electron chi connectivity index (χ2n) is 7.37. The highest BCUT2D eigenvalue weighted by molar-refractivity contribution is 7.89. The van der Waals surface area contributed by atoms with Crippen molar-refractivity contribution in [1.82, 2.24) is 4.31 Å². The van der Waals surface area contributed by atoms with Gasteiger partial charge in [-0.05, 0) is 55.7 Å². The lowest BCUT2D eigenvalue weighted by atomic mass is 9.98. The number of nitrogens with zero attached hydrogens (tertiary/aromatic N) is 1. The van der Waals surface area contributed by atoms with Crippen molar-refractivity contribution < 1.29 is 31.1 Å². The summed E-state index contributed by atoms with van der Waals surface area (Å²) in [7, 11) is -2.38. The summed E-state index contributed by atoms with van der Waals surface area (Å²) >= 11 is 0. The van der Waals surface area contributed by atoms with Crippen LogP contribution in [0.15, 0.2) is 47.4 Å². The van der Waals surface area contributed by atoms with Gasteiger partial charge < -0.3 is 10.1 Å². The van der Waals surface area contributed by atoms with Gasteiger partial charge >= 0.3 is 6.18 Å². The molecule has 0 saturated carbocycles. The molecule has 1 atom stereocenters. The van der Waals surface area contributed by atoms with E-state index in [2.05, 4.69) is 5.32 Å². The third-order valence-electron chi connectivity index (χ3n) is 5.25. The molecule has 31 heavy (non-hydrogen) atoms. The molecule has 0 bridgehead atoms. The molecule has 6 nitrogen and oxygen atoms in total. The standard InChI is InChI=1S/C21H23F3N2O4S/c1-14-12-16(9-10-19(14)30-2)31(28,29)26-11-5-6-15(13-26)20(27)25-18-8-4-3-7-17(18)21(22,23)24/h3-4,7-10,12,15H,5-6,11,13H2,1-2H3,(H,25,27). The summed E-state index contributed by atoms with van der Waals surface area (Å²) in [4.78, 5) is 12.8. The molecule has 1 aliphatic heterocycles. The van der Waals surface area contributed by atoms with Crippen molar-refractivity contribution in [2.24, 2.45) is 5.92 Å². The molecule has 1 N–H and O–H groups in total. The number of alkyl halides is 3. The summed E-state index contributed by atoms with van der Waals surface area (Å²) in [5, 5.41) is 2.33. The zero-order chi connectivity index (χ0) is 22.8. The molecule has 1 heterocycles. The van der Waals surface area contributed by atoms with Gasteiger partial charge in [0.05, 0.1) is 29.2 Å². The van der Waals surface area contributed by atoms with Crippen LogP contribution < -0.4 is 10.1 Å².